The maximum absolute atomic E-state index is 13.7. The number of carbonyl (C=O) groups excluding carboxylic acids is 2. The molecule has 0 atom stereocenters. The highest BCUT2D eigenvalue weighted by Gasteiger charge is 2.25. The zero-order chi connectivity index (χ0) is 45.3. The van der Waals surface area contributed by atoms with Gasteiger partial charge in [-0.25, -0.2) is 44.7 Å². The minimum Gasteiger partial charge on any atom is -0.465 e. The van der Waals surface area contributed by atoms with Gasteiger partial charge >= 0.3 is 11.9 Å². The number of carbonyl (C=O) groups is 2. The van der Waals surface area contributed by atoms with Gasteiger partial charge in [0.2, 0.25) is 0 Å². The molecule has 7 rings (SSSR count). The average molecular weight is 930 g/mol. The van der Waals surface area contributed by atoms with E-state index < -0.39 is 64.2 Å². The Bertz CT molecular complexity index is 2610. The highest BCUT2D eigenvalue weighted by Crippen LogP contribution is 2.34. The molecule has 11 nitrogen and oxygen atoms in total. The first kappa shape index (κ1) is 52.4. The molecule has 0 fully saturated rings. The summed E-state index contributed by atoms with van der Waals surface area (Å²) in [5.74, 6) is -9.28. The number of benzene rings is 5. The third-order valence-corrected chi connectivity index (χ3v) is 9.05. The molecule has 0 spiro atoms. The highest BCUT2D eigenvalue weighted by atomic mass is 35.5. The fourth-order valence-corrected chi connectivity index (χ4v) is 5.86. The van der Waals surface area contributed by atoms with E-state index in [1.165, 1.54) is 55.9 Å². The van der Waals surface area contributed by atoms with Crippen molar-refractivity contribution < 1.29 is 59.4 Å². The largest absolute Gasteiger partial charge is 0.465 e. The van der Waals surface area contributed by atoms with Crippen LogP contribution in [-0.4, -0.2) is 49.5 Å². The van der Waals surface area contributed by atoms with Crippen LogP contribution < -0.4 is 17.2 Å². The van der Waals surface area contributed by atoms with Gasteiger partial charge in [0.05, 0.1) is 52.5 Å². The monoisotopic (exact) mass is 928 g/mol. The van der Waals surface area contributed by atoms with Crippen LogP contribution in [0.3, 0.4) is 0 Å². The standard InChI is InChI=1S/C16H10ClF3N2O.C10H7F2NO2.C8H8F2N2O2.C6H5ClFN.2CH4/c17-11-5-8(1-2-12(11)18)6-14(22-23)10-7-13(19)15(20)16-9(10)3-4-21-16;1-15-10(14)6-4-7(11)8(12)9-5(6)2-3-13-9;1-14-8(13)3-2-4(9)5(10)7(12)6(3)11;7-5-3-4(9)1-2-6(5)8;;/h1-2,4-5,7,23H,3,6H2;3-4H,2H2,1H3;2H,11-12H2,1H3;1-3H,9H2;2*1H4/b22-14+;;;;;. The Labute approximate surface area is 365 Å². The molecule has 63 heavy (non-hydrogen) atoms. The molecule has 0 amide bonds. The number of ether oxygens (including phenoxy) is 2. The summed E-state index contributed by atoms with van der Waals surface area (Å²) in [6, 6.07) is 10.6. The van der Waals surface area contributed by atoms with Crippen molar-refractivity contribution in [3.05, 3.63) is 145 Å². The Kier molecular flexibility index (Phi) is 19.1. The number of nitrogen functional groups attached to an aromatic ring is 3. The average Bonchev–Trinajstić information content (AvgIpc) is 3.95. The van der Waals surface area contributed by atoms with Gasteiger partial charge in [-0.3, -0.25) is 9.98 Å². The lowest BCUT2D eigenvalue weighted by Crippen LogP contribution is -2.10. The second kappa shape index (κ2) is 22.9. The Morgan fingerprint density at radius 1 is 0.635 bits per heavy atom. The van der Waals surface area contributed by atoms with E-state index in [1.807, 2.05) is 0 Å². The van der Waals surface area contributed by atoms with Gasteiger partial charge in [-0.1, -0.05) is 49.3 Å². The molecule has 2 aliphatic heterocycles. The summed E-state index contributed by atoms with van der Waals surface area (Å²) in [7, 11) is 2.28. The smallest absolute Gasteiger partial charge is 0.340 e. The predicted molar refractivity (Wildman–Crippen MR) is 227 cm³/mol. The Hall–Kier alpha value is -6.73. The second-order valence-corrected chi connectivity index (χ2v) is 13.1. The van der Waals surface area contributed by atoms with Crippen molar-refractivity contribution in [3.63, 3.8) is 0 Å². The van der Waals surface area contributed by atoms with Crippen molar-refractivity contribution in [2.75, 3.05) is 31.4 Å². The molecule has 336 valence electrons. The summed E-state index contributed by atoms with van der Waals surface area (Å²) in [6.07, 6.45) is 3.59. The maximum Gasteiger partial charge on any atom is 0.340 e. The number of methoxy groups -OCH3 is 2. The molecule has 0 aliphatic carbocycles. The fraction of sp³-hybridized carbons (Fsp3) is 0.167. The summed E-state index contributed by atoms with van der Waals surface area (Å²) in [5.41, 5.74) is 16.6. The van der Waals surface area contributed by atoms with Crippen molar-refractivity contribution in [1.29, 1.82) is 0 Å². The van der Waals surface area contributed by atoms with E-state index >= 15 is 0 Å². The number of hydrogen-bond donors (Lipinski definition) is 4. The number of hydrogen-bond acceptors (Lipinski definition) is 11. The van der Waals surface area contributed by atoms with Crippen molar-refractivity contribution in [2.45, 2.75) is 34.1 Å². The van der Waals surface area contributed by atoms with Crippen molar-refractivity contribution in [1.82, 2.24) is 0 Å². The van der Waals surface area contributed by atoms with Gasteiger partial charge in [0, 0.05) is 48.5 Å². The third-order valence-electron chi connectivity index (χ3n) is 8.47. The summed E-state index contributed by atoms with van der Waals surface area (Å²) >= 11 is 11.1. The molecule has 21 heteroatoms. The van der Waals surface area contributed by atoms with Crippen LogP contribution in [0.1, 0.15) is 57.8 Å². The Morgan fingerprint density at radius 2 is 1.08 bits per heavy atom. The van der Waals surface area contributed by atoms with E-state index in [0.717, 1.165) is 19.2 Å². The topological polar surface area (TPSA) is 188 Å². The zero-order valence-electron chi connectivity index (χ0n) is 31.4. The van der Waals surface area contributed by atoms with Gasteiger partial charge in [0.25, 0.3) is 0 Å². The minimum absolute atomic E-state index is 0. The van der Waals surface area contributed by atoms with Crippen LogP contribution in [-0.2, 0) is 28.7 Å². The number of rotatable bonds is 5. The molecule has 2 aliphatic rings. The summed E-state index contributed by atoms with van der Waals surface area (Å²) in [5, 5.41) is 12.5. The second-order valence-electron chi connectivity index (χ2n) is 12.3. The van der Waals surface area contributed by atoms with E-state index in [-0.39, 0.29) is 70.8 Å². The molecule has 0 aromatic heterocycles. The van der Waals surface area contributed by atoms with Gasteiger partial charge < -0.3 is 31.9 Å². The lowest BCUT2D eigenvalue weighted by Gasteiger charge is -2.11. The number of esters is 2. The lowest BCUT2D eigenvalue weighted by molar-refractivity contribution is 0.0591. The number of nitrogens with two attached hydrogens (primary N) is 3. The third kappa shape index (κ3) is 12.2. The molecule has 5 aromatic rings. The molecule has 0 unspecified atom stereocenters. The van der Waals surface area contributed by atoms with Crippen LogP contribution >= 0.6 is 23.2 Å². The molecule has 0 saturated heterocycles. The number of fused-ring (bicyclic) bond motifs is 2. The normalized spacial score (nSPS) is 11.5. The molecule has 5 aromatic carbocycles. The van der Waals surface area contributed by atoms with Gasteiger partial charge in [-0.15, -0.1) is 0 Å². The maximum atomic E-state index is 13.7. The SMILES string of the molecule is C.C.COC(=O)c1cc(F)c(F)c(N)c1N.COC(=O)c1cc(F)c(F)c2c1CC=N2.Nc1ccc(F)c(Cl)c1.O/N=C(\Cc1ccc(F)c(Cl)c1)c1cc(F)c(F)c2c1CC=N2. The van der Waals surface area contributed by atoms with Crippen LogP contribution in [0.2, 0.25) is 10.0 Å². The lowest BCUT2D eigenvalue weighted by atomic mass is 9.95. The first-order valence-electron chi connectivity index (χ1n) is 17.0. The number of anilines is 3. The number of nitrogens with zero attached hydrogens (tertiary/aromatic N) is 3. The van der Waals surface area contributed by atoms with Crippen molar-refractivity contribution in [3.8, 4) is 0 Å². The van der Waals surface area contributed by atoms with E-state index in [9.17, 15) is 49.9 Å². The first-order valence-corrected chi connectivity index (χ1v) is 17.7. The molecule has 0 bridgehead atoms. The molecular weight excluding hydrogens is 891 g/mol. The molecule has 0 radical (unpaired) electrons. The number of aliphatic imine (C=N–C) groups is 2. The predicted octanol–water partition coefficient (Wildman–Crippen LogP) is 10.7. The Morgan fingerprint density at radius 3 is 1.56 bits per heavy atom. The summed E-state index contributed by atoms with van der Waals surface area (Å²) in [4.78, 5) is 29.8. The van der Waals surface area contributed by atoms with Crippen LogP contribution in [0, 0.1) is 46.5 Å². The fourth-order valence-electron chi connectivity index (χ4n) is 5.47. The van der Waals surface area contributed by atoms with Gasteiger partial charge in [0.15, 0.2) is 34.9 Å². The number of oxime groups is 1. The zero-order valence-corrected chi connectivity index (χ0v) is 32.9. The van der Waals surface area contributed by atoms with Gasteiger partial charge in [-0.2, -0.15) is 0 Å². The van der Waals surface area contributed by atoms with E-state index in [4.69, 9.17) is 40.4 Å². The molecule has 7 N–H and O–H groups in total. The van der Waals surface area contributed by atoms with Gasteiger partial charge in [-0.05, 0) is 59.7 Å². The van der Waals surface area contributed by atoms with Crippen molar-refractivity contribution >= 4 is 81.7 Å². The molecule has 0 saturated carbocycles. The highest BCUT2D eigenvalue weighted by molar-refractivity contribution is 6.31. The number of halogens is 10. The summed E-state index contributed by atoms with van der Waals surface area (Å²) < 4.78 is 114. The van der Waals surface area contributed by atoms with Crippen LogP contribution in [0.4, 0.5) is 63.6 Å². The Balaban J connectivity index is 0.000000301. The minimum atomic E-state index is -1.27. The quantitative estimate of drug-likeness (QED) is 0.0335. The van der Waals surface area contributed by atoms with Crippen LogP contribution in [0.15, 0.2) is 69.7 Å². The van der Waals surface area contributed by atoms with Crippen LogP contribution in [0.5, 0.6) is 0 Å². The van der Waals surface area contributed by atoms with Crippen LogP contribution in [0.25, 0.3) is 0 Å². The molecular formula is C42H38Cl2F8N6O5. The van der Waals surface area contributed by atoms with E-state index in [0.29, 0.717) is 41.3 Å². The van der Waals surface area contributed by atoms with Gasteiger partial charge in [0.1, 0.15) is 23.0 Å². The first-order chi connectivity index (χ1) is 28.8. The van der Waals surface area contributed by atoms with Crippen molar-refractivity contribution in [2.24, 2.45) is 15.1 Å². The summed E-state index contributed by atoms with van der Waals surface area (Å²) in [6.45, 7) is 0. The molecule has 2 heterocycles. The van der Waals surface area contributed by atoms with E-state index in [2.05, 4.69) is 24.6 Å². The van der Waals surface area contributed by atoms with E-state index in [1.54, 1.807) is 0 Å².